The van der Waals surface area contributed by atoms with Crippen LogP contribution < -0.4 is 10.1 Å². The number of hydrogen-bond acceptors (Lipinski definition) is 3. The van der Waals surface area contributed by atoms with Crippen molar-refractivity contribution in [3.63, 3.8) is 0 Å². The molecule has 1 aromatic rings. The Morgan fingerprint density at radius 3 is 2.65 bits per heavy atom. The van der Waals surface area contributed by atoms with Gasteiger partial charge in [0.25, 0.3) is 0 Å². The Hall–Kier alpha value is -1.06. The van der Waals surface area contributed by atoms with Crippen LogP contribution in [-0.2, 0) is 0 Å². The highest BCUT2D eigenvalue weighted by Crippen LogP contribution is 2.40. The average Bonchev–Trinajstić information content (AvgIpc) is 2.40. The Morgan fingerprint density at radius 2 is 1.95 bits per heavy atom. The van der Waals surface area contributed by atoms with Crippen LogP contribution in [-0.4, -0.2) is 45.2 Å². The third kappa shape index (κ3) is 4.22. The summed E-state index contributed by atoms with van der Waals surface area (Å²) in [6, 6.07) is 9.12. The molecule has 2 rings (SSSR count). The summed E-state index contributed by atoms with van der Waals surface area (Å²) in [5, 5.41) is 3.67. The fraction of sp³-hybridized carbons (Fsp3) is 0.647. The number of hydrogen-bond donors (Lipinski definition) is 1. The van der Waals surface area contributed by atoms with Gasteiger partial charge in [-0.3, -0.25) is 0 Å². The topological polar surface area (TPSA) is 24.5 Å². The molecule has 0 bridgehead atoms. The first-order chi connectivity index (χ1) is 9.70. The molecule has 0 atom stereocenters. The minimum atomic E-state index is 0.672. The van der Waals surface area contributed by atoms with Gasteiger partial charge in [0.2, 0.25) is 0 Å². The Kier molecular flexibility index (Phi) is 5.86. The molecule has 0 saturated heterocycles. The predicted molar refractivity (Wildman–Crippen MR) is 84.5 cm³/mol. The fourth-order valence-corrected chi connectivity index (χ4v) is 2.90. The van der Waals surface area contributed by atoms with Gasteiger partial charge < -0.3 is 15.0 Å². The van der Waals surface area contributed by atoms with E-state index in [2.05, 4.69) is 42.5 Å². The van der Waals surface area contributed by atoms with Gasteiger partial charge in [0.1, 0.15) is 5.75 Å². The number of nitrogens with one attached hydrogen (secondary N) is 1. The molecular weight excluding hydrogens is 248 g/mol. The van der Waals surface area contributed by atoms with Gasteiger partial charge in [0.15, 0.2) is 0 Å². The van der Waals surface area contributed by atoms with Crippen LogP contribution in [0.25, 0.3) is 0 Å². The van der Waals surface area contributed by atoms with Gasteiger partial charge in [0.05, 0.1) is 7.11 Å². The highest BCUT2D eigenvalue weighted by atomic mass is 16.5. The van der Waals surface area contributed by atoms with Gasteiger partial charge >= 0.3 is 0 Å². The monoisotopic (exact) mass is 276 g/mol. The van der Waals surface area contributed by atoms with Crippen molar-refractivity contribution in [2.45, 2.75) is 37.6 Å². The number of benzene rings is 1. The molecule has 1 N–H and O–H groups in total. The molecule has 1 aliphatic rings. The van der Waals surface area contributed by atoms with Gasteiger partial charge in [-0.2, -0.15) is 0 Å². The molecule has 1 fully saturated rings. The van der Waals surface area contributed by atoms with E-state index in [-0.39, 0.29) is 0 Å². The summed E-state index contributed by atoms with van der Waals surface area (Å²) in [7, 11) is 6.03. The summed E-state index contributed by atoms with van der Waals surface area (Å²) in [6.45, 7) is 2.34. The molecule has 20 heavy (non-hydrogen) atoms. The summed E-state index contributed by atoms with van der Waals surface area (Å²) >= 11 is 0. The molecule has 3 nitrogen and oxygen atoms in total. The van der Waals surface area contributed by atoms with Crippen LogP contribution in [0.1, 0.15) is 37.2 Å². The first-order valence-corrected chi connectivity index (χ1v) is 7.71. The van der Waals surface area contributed by atoms with Crippen molar-refractivity contribution in [2.24, 2.45) is 0 Å². The second-order valence-electron chi connectivity index (χ2n) is 6.07. The first kappa shape index (κ1) is 15.3. The zero-order chi connectivity index (χ0) is 14.4. The van der Waals surface area contributed by atoms with Gasteiger partial charge in [-0.15, -0.1) is 0 Å². The van der Waals surface area contributed by atoms with Crippen molar-refractivity contribution in [2.75, 3.05) is 34.3 Å². The van der Waals surface area contributed by atoms with Crippen LogP contribution >= 0.6 is 0 Å². The molecule has 0 radical (unpaired) electrons. The van der Waals surface area contributed by atoms with Crippen LogP contribution in [0, 0.1) is 0 Å². The Morgan fingerprint density at radius 1 is 1.20 bits per heavy atom. The summed E-state index contributed by atoms with van der Waals surface area (Å²) in [5.74, 6) is 1.72. The Labute approximate surface area is 123 Å². The first-order valence-electron chi connectivity index (χ1n) is 7.71. The maximum atomic E-state index is 5.45. The third-order valence-corrected chi connectivity index (χ3v) is 4.18. The van der Waals surface area contributed by atoms with Crippen LogP contribution in [0.4, 0.5) is 0 Å². The molecule has 0 aromatic heterocycles. The third-order valence-electron chi connectivity index (χ3n) is 4.18. The number of rotatable bonds is 8. The van der Waals surface area contributed by atoms with Crippen molar-refractivity contribution in [3.8, 4) is 5.75 Å². The van der Waals surface area contributed by atoms with E-state index < -0.39 is 0 Å². The quantitative estimate of drug-likeness (QED) is 0.739. The molecule has 112 valence electrons. The molecular formula is C17H28N2O. The number of para-hydroxylation sites is 1. The number of methoxy groups -OCH3 is 1. The maximum Gasteiger partial charge on any atom is 0.122 e. The number of unbranched alkanes of at least 4 members (excludes halogenated alkanes) is 1. The lowest BCUT2D eigenvalue weighted by molar-refractivity contribution is 0.280. The van der Waals surface area contributed by atoms with Crippen LogP contribution in [0.3, 0.4) is 0 Å². The number of ether oxygens (including phenoxy) is 1. The predicted octanol–water partition coefficient (Wildman–Crippen LogP) is 2.87. The van der Waals surface area contributed by atoms with Crippen molar-refractivity contribution in [3.05, 3.63) is 29.8 Å². The molecule has 1 aliphatic carbocycles. The van der Waals surface area contributed by atoms with Crippen molar-refractivity contribution >= 4 is 0 Å². The van der Waals surface area contributed by atoms with Crippen LogP contribution in [0.15, 0.2) is 24.3 Å². The summed E-state index contributed by atoms with van der Waals surface area (Å²) in [6.07, 6.45) is 5.04. The molecule has 0 unspecified atom stereocenters. The smallest absolute Gasteiger partial charge is 0.122 e. The SMILES string of the molecule is COc1ccccc1C1CC(NCCCCN(C)C)C1. The van der Waals surface area contributed by atoms with E-state index in [1.807, 2.05) is 6.07 Å². The van der Waals surface area contributed by atoms with E-state index in [1.165, 1.54) is 37.8 Å². The standard InChI is InChI=1S/C17H28N2O/c1-19(2)11-7-6-10-18-15-12-14(13-15)16-8-4-5-9-17(16)20-3/h4-5,8-9,14-15,18H,6-7,10-13H2,1-3H3. The maximum absolute atomic E-state index is 5.45. The average molecular weight is 276 g/mol. The molecule has 3 heteroatoms. The molecule has 1 saturated carbocycles. The van der Waals surface area contributed by atoms with E-state index >= 15 is 0 Å². The molecule has 0 amide bonds. The largest absolute Gasteiger partial charge is 0.496 e. The normalized spacial score (nSPS) is 21.8. The number of nitrogens with zero attached hydrogens (tertiary/aromatic N) is 1. The lowest BCUT2D eigenvalue weighted by Gasteiger charge is -2.37. The Bertz CT molecular complexity index is 400. The minimum absolute atomic E-state index is 0.672. The van der Waals surface area contributed by atoms with Gasteiger partial charge in [0, 0.05) is 6.04 Å². The van der Waals surface area contributed by atoms with Gasteiger partial charge in [-0.25, -0.2) is 0 Å². The second-order valence-corrected chi connectivity index (χ2v) is 6.07. The van der Waals surface area contributed by atoms with E-state index in [9.17, 15) is 0 Å². The minimum Gasteiger partial charge on any atom is -0.496 e. The zero-order valence-electron chi connectivity index (χ0n) is 13.1. The van der Waals surface area contributed by atoms with Gasteiger partial charge in [-0.05, 0) is 70.4 Å². The van der Waals surface area contributed by atoms with Crippen molar-refractivity contribution in [1.82, 2.24) is 10.2 Å². The van der Waals surface area contributed by atoms with Crippen molar-refractivity contribution < 1.29 is 4.74 Å². The highest BCUT2D eigenvalue weighted by molar-refractivity contribution is 5.37. The molecule has 0 spiro atoms. The van der Waals surface area contributed by atoms with Crippen LogP contribution in [0.5, 0.6) is 5.75 Å². The fourth-order valence-electron chi connectivity index (χ4n) is 2.90. The highest BCUT2D eigenvalue weighted by Gasteiger charge is 2.31. The second kappa shape index (κ2) is 7.65. The van der Waals surface area contributed by atoms with E-state index in [0.29, 0.717) is 12.0 Å². The zero-order valence-corrected chi connectivity index (χ0v) is 13.1. The van der Waals surface area contributed by atoms with E-state index in [1.54, 1.807) is 7.11 Å². The molecule has 0 heterocycles. The summed E-state index contributed by atoms with van der Waals surface area (Å²) in [4.78, 5) is 2.25. The lowest BCUT2D eigenvalue weighted by Crippen LogP contribution is -2.40. The van der Waals surface area contributed by atoms with E-state index in [4.69, 9.17) is 4.74 Å². The molecule has 1 aromatic carbocycles. The van der Waals surface area contributed by atoms with Gasteiger partial charge in [-0.1, -0.05) is 18.2 Å². The summed E-state index contributed by atoms with van der Waals surface area (Å²) < 4.78 is 5.45. The summed E-state index contributed by atoms with van der Waals surface area (Å²) in [5.41, 5.74) is 1.38. The lowest BCUT2D eigenvalue weighted by atomic mass is 9.75. The van der Waals surface area contributed by atoms with Crippen molar-refractivity contribution in [1.29, 1.82) is 0 Å². The Balaban J connectivity index is 1.65. The van der Waals surface area contributed by atoms with E-state index in [0.717, 1.165) is 12.3 Å². The van der Waals surface area contributed by atoms with Crippen LogP contribution in [0.2, 0.25) is 0 Å². The molecule has 0 aliphatic heterocycles.